The highest BCUT2D eigenvalue weighted by molar-refractivity contribution is 5.78. The van der Waals surface area contributed by atoms with Crippen LogP contribution in [0.25, 0.3) is 0 Å². The molecule has 1 aromatic rings. The summed E-state index contributed by atoms with van der Waals surface area (Å²) >= 11 is 0. The fourth-order valence-electron chi connectivity index (χ4n) is 1.06. The van der Waals surface area contributed by atoms with Crippen LogP contribution in [0.3, 0.4) is 0 Å². The van der Waals surface area contributed by atoms with E-state index < -0.39 is 0 Å². The summed E-state index contributed by atoms with van der Waals surface area (Å²) in [6.45, 7) is 2.14. The van der Waals surface area contributed by atoms with Crippen molar-refractivity contribution in [3.63, 3.8) is 0 Å². The SMILES string of the molecule is Cc1cc(NCC#N)ccc1C=O. The molecule has 1 N–H and O–H groups in total. The third-order valence-corrected chi connectivity index (χ3v) is 1.77. The van der Waals surface area contributed by atoms with Crippen LogP contribution in [0.4, 0.5) is 5.69 Å². The second-order valence-corrected chi connectivity index (χ2v) is 2.70. The molecule has 1 rings (SSSR count). The van der Waals surface area contributed by atoms with Crippen molar-refractivity contribution in [3.8, 4) is 6.07 Å². The van der Waals surface area contributed by atoms with Gasteiger partial charge in [0.1, 0.15) is 12.8 Å². The summed E-state index contributed by atoms with van der Waals surface area (Å²) in [4.78, 5) is 10.5. The molecule has 0 aromatic heterocycles. The summed E-state index contributed by atoms with van der Waals surface area (Å²) in [5.41, 5.74) is 2.46. The van der Waals surface area contributed by atoms with Crippen molar-refractivity contribution in [2.24, 2.45) is 0 Å². The molecule has 0 spiro atoms. The number of anilines is 1. The first kappa shape index (κ1) is 9.27. The number of nitriles is 1. The summed E-state index contributed by atoms with van der Waals surface area (Å²) in [5, 5.41) is 11.2. The van der Waals surface area contributed by atoms with E-state index in [1.54, 1.807) is 12.1 Å². The average Bonchev–Trinajstić information content (AvgIpc) is 2.15. The molecule has 0 bridgehead atoms. The summed E-state index contributed by atoms with van der Waals surface area (Å²) in [6, 6.07) is 7.36. The Morgan fingerprint density at radius 1 is 1.62 bits per heavy atom. The van der Waals surface area contributed by atoms with E-state index in [2.05, 4.69) is 5.32 Å². The smallest absolute Gasteiger partial charge is 0.150 e. The average molecular weight is 174 g/mol. The Morgan fingerprint density at radius 3 is 2.92 bits per heavy atom. The molecule has 0 saturated heterocycles. The molecule has 3 heteroatoms. The Bertz CT molecular complexity index is 352. The predicted octanol–water partition coefficient (Wildman–Crippen LogP) is 1.74. The van der Waals surface area contributed by atoms with Crippen LogP contribution in [0.5, 0.6) is 0 Å². The number of hydrogen-bond donors (Lipinski definition) is 1. The Kier molecular flexibility index (Phi) is 3.04. The highest BCUT2D eigenvalue weighted by Crippen LogP contribution is 2.12. The molecular weight excluding hydrogens is 164 g/mol. The van der Waals surface area contributed by atoms with Gasteiger partial charge in [0.05, 0.1) is 6.07 Å². The lowest BCUT2D eigenvalue weighted by molar-refractivity contribution is 0.112. The molecule has 0 aliphatic heterocycles. The Hall–Kier alpha value is -1.82. The van der Waals surface area contributed by atoms with E-state index in [4.69, 9.17) is 5.26 Å². The predicted molar refractivity (Wildman–Crippen MR) is 50.7 cm³/mol. The van der Waals surface area contributed by atoms with Gasteiger partial charge in [-0.25, -0.2) is 0 Å². The number of rotatable bonds is 3. The normalized spacial score (nSPS) is 8.92. The van der Waals surface area contributed by atoms with Gasteiger partial charge in [0, 0.05) is 11.3 Å². The number of aldehydes is 1. The molecule has 66 valence electrons. The molecule has 1 aromatic carbocycles. The first-order chi connectivity index (χ1) is 6.27. The lowest BCUT2D eigenvalue weighted by Gasteiger charge is -2.04. The van der Waals surface area contributed by atoms with Crippen molar-refractivity contribution in [2.45, 2.75) is 6.92 Å². The standard InChI is InChI=1S/C10H10N2O/c1-8-6-10(12-5-4-11)3-2-9(8)7-13/h2-3,6-7,12H,5H2,1H3. The van der Waals surface area contributed by atoms with Crippen LogP contribution in [0.1, 0.15) is 15.9 Å². The van der Waals surface area contributed by atoms with Crippen LogP contribution in [-0.4, -0.2) is 12.8 Å². The number of nitrogens with zero attached hydrogens (tertiary/aromatic N) is 1. The van der Waals surface area contributed by atoms with Crippen molar-refractivity contribution in [3.05, 3.63) is 29.3 Å². The van der Waals surface area contributed by atoms with E-state index in [1.165, 1.54) is 0 Å². The fourth-order valence-corrected chi connectivity index (χ4v) is 1.06. The second kappa shape index (κ2) is 4.27. The van der Waals surface area contributed by atoms with Crippen molar-refractivity contribution in [2.75, 3.05) is 11.9 Å². The number of benzene rings is 1. The maximum Gasteiger partial charge on any atom is 0.150 e. The minimum atomic E-state index is 0.278. The zero-order valence-electron chi connectivity index (χ0n) is 7.37. The third kappa shape index (κ3) is 2.31. The molecule has 0 unspecified atom stereocenters. The van der Waals surface area contributed by atoms with E-state index in [1.807, 2.05) is 19.1 Å². The van der Waals surface area contributed by atoms with Crippen LogP contribution in [0.15, 0.2) is 18.2 Å². The van der Waals surface area contributed by atoms with Gasteiger partial charge in [-0.05, 0) is 30.7 Å². The van der Waals surface area contributed by atoms with Crippen LogP contribution in [0, 0.1) is 18.3 Å². The largest absolute Gasteiger partial charge is 0.372 e. The van der Waals surface area contributed by atoms with Crippen LogP contribution in [0.2, 0.25) is 0 Å². The molecule has 0 aliphatic carbocycles. The molecule has 0 radical (unpaired) electrons. The Labute approximate surface area is 77.0 Å². The maximum atomic E-state index is 10.5. The summed E-state index contributed by atoms with van der Waals surface area (Å²) < 4.78 is 0. The summed E-state index contributed by atoms with van der Waals surface area (Å²) in [6.07, 6.45) is 0.823. The van der Waals surface area contributed by atoms with Crippen molar-refractivity contribution in [1.82, 2.24) is 0 Å². The minimum Gasteiger partial charge on any atom is -0.372 e. The van der Waals surface area contributed by atoms with Gasteiger partial charge in [-0.2, -0.15) is 5.26 Å². The molecule has 0 atom stereocenters. The van der Waals surface area contributed by atoms with E-state index in [0.29, 0.717) is 5.56 Å². The van der Waals surface area contributed by atoms with Crippen molar-refractivity contribution >= 4 is 12.0 Å². The molecule has 0 aliphatic rings. The van der Waals surface area contributed by atoms with Gasteiger partial charge in [0.2, 0.25) is 0 Å². The monoisotopic (exact) mass is 174 g/mol. The highest BCUT2D eigenvalue weighted by atomic mass is 16.1. The minimum absolute atomic E-state index is 0.278. The summed E-state index contributed by atoms with van der Waals surface area (Å²) in [7, 11) is 0. The van der Waals surface area contributed by atoms with Gasteiger partial charge >= 0.3 is 0 Å². The van der Waals surface area contributed by atoms with Gasteiger partial charge < -0.3 is 5.32 Å². The van der Waals surface area contributed by atoms with E-state index in [-0.39, 0.29) is 6.54 Å². The molecule has 13 heavy (non-hydrogen) atoms. The fraction of sp³-hybridized carbons (Fsp3) is 0.200. The van der Waals surface area contributed by atoms with Crippen molar-refractivity contribution in [1.29, 1.82) is 5.26 Å². The second-order valence-electron chi connectivity index (χ2n) is 2.70. The van der Waals surface area contributed by atoms with E-state index in [9.17, 15) is 4.79 Å². The Morgan fingerprint density at radius 2 is 2.38 bits per heavy atom. The van der Waals surface area contributed by atoms with E-state index in [0.717, 1.165) is 17.5 Å². The molecule has 0 amide bonds. The number of carbonyl (C=O) groups excluding carboxylic acids is 1. The number of hydrogen-bond acceptors (Lipinski definition) is 3. The van der Waals surface area contributed by atoms with Crippen LogP contribution in [-0.2, 0) is 0 Å². The van der Waals surface area contributed by atoms with Crippen LogP contribution >= 0.6 is 0 Å². The lowest BCUT2D eigenvalue weighted by Crippen LogP contribution is -1.99. The zero-order valence-corrected chi connectivity index (χ0v) is 7.37. The van der Waals surface area contributed by atoms with Gasteiger partial charge in [0.15, 0.2) is 0 Å². The quantitative estimate of drug-likeness (QED) is 0.561. The number of nitrogens with one attached hydrogen (secondary N) is 1. The van der Waals surface area contributed by atoms with Gasteiger partial charge in [0.25, 0.3) is 0 Å². The first-order valence-electron chi connectivity index (χ1n) is 3.94. The highest BCUT2D eigenvalue weighted by Gasteiger charge is 1.97. The van der Waals surface area contributed by atoms with Gasteiger partial charge in [-0.15, -0.1) is 0 Å². The molecule has 0 fully saturated rings. The van der Waals surface area contributed by atoms with E-state index >= 15 is 0 Å². The molecule has 0 saturated carbocycles. The molecular formula is C10H10N2O. The van der Waals surface area contributed by atoms with Gasteiger partial charge in [-0.1, -0.05) is 0 Å². The Balaban J connectivity index is 2.84. The topological polar surface area (TPSA) is 52.9 Å². The summed E-state index contributed by atoms with van der Waals surface area (Å²) in [5.74, 6) is 0. The number of aryl methyl sites for hydroxylation is 1. The molecule has 3 nitrogen and oxygen atoms in total. The number of carbonyl (C=O) groups is 1. The van der Waals surface area contributed by atoms with Crippen LogP contribution < -0.4 is 5.32 Å². The van der Waals surface area contributed by atoms with Gasteiger partial charge in [-0.3, -0.25) is 4.79 Å². The molecule has 0 heterocycles. The third-order valence-electron chi connectivity index (χ3n) is 1.77. The lowest BCUT2D eigenvalue weighted by atomic mass is 10.1. The zero-order chi connectivity index (χ0) is 9.68. The maximum absolute atomic E-state index is 10.5. The first-order valence-corrected chi connectivity index (χ1v) is 3.94. The van der Waals surface area contributed by atoms with Crippen molar-refractivity contribution < 1.29 is 4.79 Å².